The van der Waals surface area contributed by atoms with Crippen molar-refractivity contribution < 1.29 is 19.1 Å². The van der Waals surface area contributed by atoms with Crippen LogP contribution in [-0.2, 0) is 9.53 Å². The molecule has 0 radical (unpaired) electrons. The van der Waals surface area contributed by atoms with Crippen LogP contribution in [0.25, 0.3) is 11.1 Å². The second kappa shape index (κ2) is 9.00. The number of rotatable bonds is 7. The third kappa shape index (κ3) is 5.07. The zero-order valence-electron chi connectivity index (χ0n) is 16.0. The fourth-order valence-corrected chi connectivity index (χ4v) is 2.70. The molecule has 0 fully saturated rings. The van der Waals surface area contributed by atoms with E-state index in [4.69, 9.17) is 9.47 Å². The average Bonchev–Trinajstić information content (AvgIpc) is 2.73. The maximum atomic E-state index is 12.1. The van der Waals surface area contributed by atoms with Gasteiger partial charge in [0.15, 0.2) is 19.0 Å². The molecule has 3 aromatic rings. The van der Waals surface area contributed by atoms with Gasteiger partial charge < -0.3 is 9.47 Å². The first-order chi connectivity index (χ1) is 13.5. The van der Waals surface area contributed by atoms with Gasteiger partial charge in [0.2, 0.25) is 0 Å². The summed E-state index contributed by atoms with van der Waals surface area (Å²) in [5.41, 5.74) is 4.85. The number of aryl methyl sites for hydroxylation is 2. The zero-order valence-corrected chi connectivity index (χ0v) is 16.0. The van der Waals surface area contributed by atoms with Gasteiger partial charge in [0.25, 0.3) is 0 Å². The second-order valence-electron chi connectivity index (χ2n) is 6.56. The Bertz CT molecular complexity index is 960. The van der Waals surface area contributed by atoms with Crippen LogP contribution in [-0.4, -0.2) is 25.0 Å². The first kappa shape index (κ1) is 19.4. The second-order valence-corrected chi connectivity index (χ2v) is 6.56. The Morgan fingerprint density at radius 2 is 1.43 bits per heavy atom. The highest BCUT2D eigenvalue weighted by atomic mass is 16.6. The van der Waals surface area contributed by atoms with Gasteiger partial charge in [-0.15, -0.1) is 0 Å². The van der Waals surface area contributed by atoms with E-state index in [1.807, 2.05) is 62.4 Å². The predicted octanol–water partition coefficient (Wildman–Crippen LogP) is 4.78. The van der Waals surface area contributed by atoms with Crippen LogP contribution in [0, 0.1) is 13.8 Å². The molecule has 0 bridgehead atoms. The van der Waals surface area contributed by atoms with Crippen molar-refractivity contribution in [2.24, 2.45) is 0 Å². The van der Waals surface area contributed by atoms with E-state index in [9.17, 15) is 9.59 Å². The molecule has 0 N–H and O–H groups in total. The number of carbonyl (C=O) groups excluding carboxylic acids is 2. The molecule has 4 heteroatoms. The molecule has 0 saturated carbocycles. The lowest BCUT2D eigenvalue weighted by molar-refractivity contribution is -0.144. The third-order valence-electron chi connectivity index (χ3n) is 4.51. The van der Waals surface area contributed by atoms with Crippen LogP contribution < -0.4 is 4.74 Å². The summed E-state index contributed by atoms with van der Waals surface area (Å²) in [7, 11) is 0. The number of hydrogen-bond acceptors (Lipinski definition) is 4. The molecule has 28 heavy (non-hydrogen) atoms. The van der Waals surface area contributed by atoms with E-state index in [0.717, 1.165) is 22.3 Å². The number of benzene rings is 3. The Kier molecular flexibility index (Phi) is 6.22. The zero-order chi connectivity index (χ0) is 19.9. The minimum atomic E-state index is -0.579. The van der Waals surface area contributed by atoms with Gasteiger partial charge in [-0.3, -0.25) is 4.79 Å². The summed E-state index contributed by atoms with van der Waals surface area (Å²) in [6, 6.07) is 22.9. The van der Waals surface area contributed by atoms with Gasteiger partial charge in [-0.1, -0.05) is 54.6 Å². The van der Waals surface area contributed by atoms with Crippen molar-refractivity contribution in [3.8, 4) is 16.9 Å². The van der Waals surface area contributed by atoms with Gasteiger partial charge in [-0.05, 0) is 54.3 Å². The van der Waals surface area contributed by atoms with Crippen molar-refractivity contribution in [3.05, 3.63) is 89.5 Å². The fourth-order valence-electron chi connectivity index (χ4n) is 2.70. The van der Waals surface area contributed by atoms with Gasteiger partial charge in [-0.25, -0.2) is 4.79 Å². The van der Waals surface area contributed by atoms with E-state index >= 15 is 0 Å². The lowest BCUT2D eigenvalue weighted by Gasteiger charge is -2.08. The van der Waals surface area contributed by atoms with E-state index in [1.54, 1.807) is 24.3 Å². The molecule has 3 aromatic carbocycles. The van der Waals surface area contributed by atoms with E-state index in [2.05, 4.69) is 0 Å². The molecule has 3 rings (SSSR count). The lowest BCUT2D eigenvalue weighted by Crippen LogP contribution is -2.19. The molecular weight excluding hydrogens is 352 g/mol. The molecule has 0 aliphatic carbocycles. The highest BCUT2D eigenvalue weighted by molar-refractivity contribution is 5.98. The Hall–Kier alpha value is -3.40. The third-order valence-corrected chi connectivity index (χ3v) is 4.51. The summed E-state index contributed by atoms with van der Waals surface area (Å²) in [6.07, 6.45) is 0. The van der Waals surface area contributed by atoms with Crippen LogP contribution in [0.1, 0.15) is 21.5 Å². The normalized spacial score (nSPS) is 10.4. The maximum Gasteiger partial charge on any atom is 0.344 e. The van der Waals surface area contributed by atoms with Gasteiger partial charge in [0.05, 0.1) is 0 Å². The largest absolute Gasteiger partial charge is 0.482 e. The smallest absolute Gasteiger partial charge is 0.344 e. The molecule has 142 valence electrons. The maximum absolute atomic E-state index is 12.1. The van der Waals surface area contributed by atoms with Gasteiger partial charge >= 0.3 is 5.97 Å². The lowest BCUT2D eigenvalue weighted by atomic mass is 10.0. The van der Waals surface area contributed by atoms with E-state index < -0.39 is 5.97 Å². The molecule has 0 spiro atoms. The Labute approximate surface area is 164 Å². The monoisotopic (exact) mass is 374 g/mol. The molecule has 4 nitrogen and oxygen atoms in total. The molecular formula is C24H22O4. The van der Waals surface area contributed by atoms with Crippen molar-refractivity contribution >= 4 is 11.8 Å². The number of ether oxygens (including phenoxy) is 2. The molecule has 0 saturated heterocycles. The summed E-state index contributed by atoms with van der Waals surface area (Å²) in [5, 5.41) is 0. The van der Waals surface area contributed by atoms with Crippen LogP contribution in [0.15, 0.2) is 72.8 Å². The highest BCUT2D eigenvalue weighted by Crippen LogP contribution is 2.22. The summed E-state index contributed by atoms with van der Waals surface area (Å²) < 4.78 is 10.5. The summed E-state index contributed by atoms with van der Waals surface area (Å²) >= 11 is 0. The highest BCUT2D eigenvalue weighted by Gasteiger charge is 2.11. The van der Waals surface area contributed by atoms with E-state index in [1.165, 1.54) is 0 Å². The Balaban J connectivity index is 1.47. The summed E-state index contributed by atoms with van der Waals surface area (Å²) in [6.45, 7) is 3.38. The van der Waals surface area contributed by atoms with Crippen LogP contribution in [0.5, 0.6) is 5.75 Å². The van der Waals surface area contributed by atoms with E-state index in [0.29, 0.717) is 11.3 Å². The molecule has 0 aliphatic heterocycles. The molecule has 0 unspecified atom stereocenters. The average molecular weight is 374 g/mol. The van der Waals surface area contributed by atoms with E-state index in [-0.39, 0.29) is 19.0 Å². The molecule has 0 aromatic heterocycles. The number of carbonyl (C=O) groups is 2. The van der Waals surface area contributed by atoms with Gasteiger partial charge in [-0.2, -0.15) is 0 Å². The standard InChI is InChI=1S/C24H22O4/c1-17-8-9-21(14-18(17)2)23(25)15-28-24(26)16-27-22-12-10-20(11-13-22)19-6-4-3-5-7-19/h3-14H,15-16H2,1-2H3. The first-order valence-corrected chi connectivity index (χ1v) is 9.07. The van der Waals surface area contributed by atoms with Crippen molar-refractivity contribution in [2.75, 3.05) is 13.2 Å². The summed E-state index contributed by atoms with van der Waals surface area (Å²) in [4.78, 5) is 24.0. The van der Waals surface area contributed by atoms with Crippen LogP contribution in [0.2, 0.25) is 0 Å². The molecule has 0 amide bonds. The van der Waals surface area contributed by atoms with Crippen LogP contribution in [0.4, 0.5) is 0 Å². The number of esters is 1. The minimum absolute atomic E-state index is 0.233. The molecule has 0 atom stereocenters. The van der Waals surface area contributed by atoms with Gasteiger partial charge in [0, 0.05) is 5.56 Å². The topological polar surface area (TPSA) is 52.6 Å². The molecule has 0 aliphatic rings. The van der Waals surface area contributed by atoms with Crippen molar-refractivity contribution in [1.29, 1.82) is 0 Å². The van der Waals surface area contributed by atoms with Crippen LogP contribution in [0.3, 0.4) is 0 Å². The quantitative estimate of drug-likeness (QED) is 0.441. The Morgan fingerprint density at radius 1 is 0.750 bits per heavy atom. The summed E-state index contributed by atoms with van der Waals surface area (Å²) in [5.74, 6) is -0.245. The fraction of sp³-hybridized carbons (Fsp3) is 0.167. The van der Waals surface area contributed by atoms with Crippen molar-refractivity contribution in [2.45, 2.75) is 13.8 Å². The SMILES string of the molecule is Cc1ccc(C(=O)COC(=O)COc2ccc(-c3ccccc3)cc2)cc1C. The predicted molar refractivity (Wildman–Crippen MR) is 109 cm³/mol. The number of ketones is 1. The molecule has 0 heterocycles. The Morgan fingerprint density at radius 3 is 2.11 bits per heavy atom. The van der Waals surface area contributed by atoms with Crippen LogP contribution >= 0.6 is 0 Å². The number of Topliss-reactive ketones (excluding diaryl/α,β-unsaturated/α-hetero) is 1. The van der Waals surface area contributed by atoms with Gasteiger partial charge in [0.1, 0.15) is 5.75 Å². The van der Waals surface area contributed by atoms with Crippen molar-refractivity contribution in [1.82, 2.24) is 0 Å². The number of hydrogen-bond donors (Lipinski definition) is 0. The van der Waals surface area contributed by atoms with Crippen molar-refractivity contribution in [3.63, 3.8) is 0 Å². The minimum Gasteiger partial charge on any atom is -0.482 e. The first-order valence-electron chi connectivity index (χ1n) is 9.07.